The van der Waals surface area contributed by atoms with Crippen molar-refractivity contribution in [2.24, 2.45) is 11.1 Å². The van der Waals surface area contributed by atoms with Gasteiger partial charge in [0.15, 0.2) is 0 Å². The number of hydrogen-bond acceptors (Lipinski definition) is 2. The van der Waals surface area contributed by atoms with E-state index < -0.39 is 0 Å². The van der Waals surface area contributed by atoms with Crippen LogP contribution in [0, 0.1) is 5.41 Å². The second-order valence-electron chi connectivity index (χ2n) is 5.46. The van der Waals surface area contributed by atoms with Gasteiger partial charge in [-0.1, -0.05) is 13.8 Å². The molecule has 0 aromatic carbocycles. The van der Waals surface area contributed by atoms with Gasteiger partial charge in [-0.15, -0.1) is 0 Å². The molecule has 0 unspecified atom stereocenters. The maximum Gasteiger partial charge on any atom is 0.317 e. The number of amides is 2. The summed E-state index contributed by atoms with van der Waals surface area (Å²) < 4.78 is 0. The lowest BCUT2D eigenvalue weighted by Gasteiger charge is -2.34. The minimum absolute atomic E-state index is 0.00698. The van der Waals surface area contributed by atoms with Crippen molar-refractivity contribution in [3.8, 4) is 0 Å². The number of rotatable bonds is 5. The fourth-order valence-electron chi connectivity index (χ4n) is 1.73. The zero-order valence-corrected chi connectivity index (χ0v) is 10.8. The molecule has 1 fully saturated rings. The van der Waals surface area contributed by atoms with Crippen LogP contribution in [0.5, 0.6) is 0 Å². The van der Waals surface area contributed by atoms with Gasteiger partial charge in [-0.2, -0.15) is 0 Å². The molecule has 3 N–H and O–H groups in total. The molecular weight excluding hydrogens is 202 g/mol. The first kappa shape index (κ1) is 13.3. The van der Waals surface area contributed by atoms with Crippen molar-refractivity contribution in [3.63, 3.8) is 0 Å². The molecular formula is C12H25N3O. The Balaban J connectivity index is 2.42. The predicted octanol–water partition coefficient (Wildman–Crippen LogP) is 1.56. The number of nitrogens with two attached hydrogens (primary N) is 1. The molecule has 1 aliphatic carbocycles. The number of nitrogens with zero attached hydrogens (tertiary/aromatic N) is 1. The van der Waals surface area contributed by atoms with Gasteiger partial charge in [-0.25, -0.2) is 4.79 Å². The summed E-state index contributed by atoms with van der Waals surface area (Å²) in [5, 5.41) is 3.06. The van der Waals surface area contributed by atoms with E-state index in [4.69, 9.17) is 5.73 Å². The molecule has 1 aliphatic rings. The molecule has 0 radical (unpaired) electrons. The van der Waals surface area contributed by atoms with E-state index in [0.717, 1.165) is 25.9 Å². The summed E-state index contributed by atoms with van der Waals surface area (Å²) in [6, 6.07) is 0.469. The molecule has 1 saturated carbocycles. The van der Waals surface area contributed by atoms with Crippen LogP contribution in [0.3, 0.4) is 0 Å². The van der Waals surface area contributed by atoms with Crippen molar-refractivity contribution in [3.05, 3.63) is 0 Å². The van der Waals surface area contributed by atoms with Crippen LogP contribution in [0.15, 0.2) is 0 Å². The Morgan fingerprint density at radius 1 is 1.50 bits per heavy atom. The number of nitrogens with one attached hydrogen (secondary N) is 1. The summed E-state index contributed by atoms with van der Waals surface area (Å²) >= 11 is 0. The maximum atomic E-state index is 11.9. The summed E-state index contributed by atoms with van der Waals surface area (Å²) in [5.41, 5.74) is 5.68. The van der Waals surface area contributed by atoms with Crippen LogP contribution < -0.4 is 11.1 Å². The third-order valence-electron chi connectivity index (χ3n) is 3.27. The first-order chi connectivity index (χ1) is 7.48. The Kier molecular flexibility index (Phi) is 4.59. The summed E-state index contributed by atoms with van der Waals surface area (Å²) in [6.07, 6.45) is 3.50. The van der Waals surface area contributed by atoms with Crippen molar-refractivity contribution in [1.29, 1.82) is 0 Å². The quantitative estimate of drug-likeness (QED) is 0.748. The molecule has 0 bridgehead atoms. The Morgan fingerprint density at radius 2 is 2.12 bits per heavy atom. The third-order valence-corrected chi connectivity index (χ3v) is 3.27. The summed E-state index contributed by atoms with van der Waals surface area (Å²) in [6.45, 7) is 8.24. The Hall–Kier alpha value is -0.770. The average molecular weight is 227 g/mol. The smallest absolute Gasteiger partial charge is 0.317 e. The van der Waals surface area contributed by atoms with E-state index in [0.29, 0.717) is 12.6 Å². The highest BCUT2D eigenvalue weighted by atomic mass is 16.2. The van der Waals surface area contributed by atoms with Gasteiger partial charge in [-0.3, -0.25) is 0 Å². The average Bonchev–Trinajstić information content (AvgIpc) is 2.19. The van der Waals surface area contributed by atoms with Crippen LogP contribution in [-0.2, 0) is 0 Å². The van der Waals surface area contributed by atoms with Crippen LogP contribution in [0.4, 0.5) is 4.79 Å². The molecule has 0 atom stereocenters. The predicted molar refractivity (Wildman–Crippen MR) is 66.3 cm³/mol. The van der Waals surface area contributed by atoms with Crippen LogP contribution in [-0.4, -0.2) is 36.6 Å². The van der Waals surface area contributed by atoms with Crippen molar-refractivity contribution >= 4 is 6.03 Å². The molecule has 0 aromatic rings. The van der Waals surface area contributed by atoms with E-state index in [1.807, 2.05) is 11.8 Å². The highest BCUT2D eigenvalue weighted by molar-refractivity contribution is 5.74. The Morgan fingerprint density at radius 3 is 2.50 bits per heavy atom. The molecule has 0 heterocycles. The van der Waals surface area contributed by atoms with Crippen molar-refractivity contribution in [2.75, 3.05) is 19.6 Å². The van der Waals surface area contributed by atoms with Crippen molar-refractivity contribution in [1.82, 2.24) is 10.2 Å². The second-order valence-corrected chi connectivity index (χ2v) is 5.46. The SMILES string of the molecule is CCN(CC(C)(C)CN)C(=O)NC1CCC1. The van der Waals surface area contributed by atoms with Gasteiger partial charge in [0.1, 0.15) is 0 Å². The topological polar surface area (TPSA) is 58.4 Å². The van der Waals surface area contributed by atoms with E-state index >= 15 is 0 Å². The van der Waals surface area contributed by atoms with E-state index in [1.165, 1.54) is 6.42 Å². The van der Waals surface area contributed by atoms with Gasteiger partial charge in [0.25, 0.3) is 0 Å². The number of carbonyl (C=O) groups excluding carboxylic acids is 1. The first-order valence-electron chi connectivity index (χ1n) is 6.24. The molecule has 16 heavy (non-hydrogen) atoms. The molecule has 4 nitrogen and oxygen atoms in total. The van der Waals surface area contributed by atoms with E-state index in [1.54, 1.807) is 0 Å². The summed E-state index contributed by atoms with van der Waals surface area (Å²) in [5.74, 6) is 0. The number of hydrogen-bond donors (Lipinski definition) is 2. The minimum Gasteiger partial charge on any atom is -0.335 e. The minimum atomic E-state index is -0.00698. The molecule has 0 saturated heterocycles. The molecule has 0 aliphatic heterocycles. The lowest BCUT2D eigenvalue weighted by molar-refractivity contribution is 0.164. The standard InChI is InChI=1S/C12H25N3O/c1-4-15(9-12(2,3)8-13)11(16)14-10-6-5-7-10/h10H,4-9,13H2,1-3H3,(H,14,16). The zero-order chi connectivity index (χ0) is 12.2. The monoisotopic (exact) mass is 227 g/mol. The fraction of sp³-hybridized carbons (Fsp3) is 0.917. The normalized spacial score (nSPS) is 16.8. The first-order valence-corrected chi connectivity index (χ1v) is 6.24. The lowest BCUT2D eigenvalue weighted by atomic mass is 9.92. The van der Waals surface area contributed by atoms with Gasteiger partial charge in [0, 0.05) is 19.1 Å². The maximum absolute atomic E-state index is 11.9. The third kappa shape index (κ3) is 3.67. The molecule has 2 amide bonds. The van der Waals surface area contributed by atoms with E-state index in [2.05, 4.69) is 19.2 Å². The highest BCUT2D eigenvalue weighted by Crippen LogP contribution is 2.19. The van der Waals surface area contributed by atoms with Gasteiger partial charge >= 0.3 is 6.03 Å². The van der Waals surface area contributed by atoms with Crippen molar-refractivity contribution in [2.45, 2.75) is 46.1 Å². The lowest BCUT2D eigenvalue weighted by Crippen LogP contribution is -2.50. The number of carbonyl (C=O) groups is 1. The largest absolute Gasteiger partial charge is 0.335 e. The molecule has 4 heteroatoms. The van der Waals surface area contributed by atoms with Gasteiger partial charge in [0.2, 0.25) is 0 Å². The fourth-order valence-corrected chi connectivity index (χ4v) is 1.73. The molecule has 0 spiro atoms. The second kappa shape index (κ2) is 5.53. The Labute approximate surface area is 98.6 Å². The highest BCUT2D eigenvalue weighted by Gasteiger charge is 2.25. The van der Waals surface area contributed by atoms with Gasteiger partial charge in [-0.05, 0) is 38.1 Å². The molecule has 1 rings (SSSR count). The van der Waals surface area contributed by atoms with E-state index in [9.17, 15) is 4.79 Å². The molecule has 0 aromatic heterocycles. The number of urea groups is 1. The van der Waals surface area contributed by atoms with Crippen LogP contribution in [0.1, 0.15) is 40.0 Å². The zero-order valence-electron chi connectivity index (χ0n) is 10.8. The summed E-state index contributed by atoms with van der Waals surface area (Å²) in [4.78, 5) is 13.8. The van der Waals surface area contributed by atoms with Crippen LogP contribution in [0.25, 0.3) is 0 Å². The van der Waals surface area contributed by atoms with Crippen molar-refractivity contribution < 1.29 is 4.79 Å². The Bertz CT molecular complexity index is 236. The van der Waals surface area contributed by atoms with Gasteiger partial charge < -0.3 is 16.0 Å². The van der Waals surface area contributed by atoms with Gasteiger partial charge in [0.05, 0.1) is 0 Å². The van der Waals surface area contributed by atoms with E-state index in [-0.39, 0.29) is 11.4 Å². The van der Waals surface area contributed by atoms with Crippen LogP contribution >= 0.6 is 0 Å². The van der Waals surface area contributed by atoms with Crippen LogP contribution in [0.2, 0.25) is 0 Å². The molecule has 94 valence electrons. The summed E-state index contributed by atoms with van der Waals surface area (Å²) in [7, 11) is 0.